The number of nitrogens with zero attached hydrogens (tertiary/aromatic N) is 1. The molecule has 1 aliphatic heterocycles. The molecule has 200 valence electrons. The van der Waals surface area contributed by atoms with Crippen LogP contribution in [0.3, 0.4) is 0 Å². The van der Waals surface area contributed by atoms with Gasteiger partial charge in [0.1, 0.15) is 36.3 Å². The minimum absolute atomic E-state index is 0.0529. The first-order chi connectivity index (χ1) is 17.7. The zero-order chi connectivity index (χ0) is 26.7. The molecule has 11 heteroatoms. The van der Waals surface area contributed by atoms with Crippen LogP contribution in [0.15, 0.2) is 63.8 Å². The van der Waals surface area contributed by atoms with Crippen LogP contribution in [0.5, 0.6) is 5.75 Å². The van der Waals surface area contributed by atoms with Crippen LogP contribution in [-0.4, -0.2) is 81.2 Å². The van der Waals surface area contributed by atoms with Crippen LogP contribution in [0, 0.1) is 0 Å². The van der Waals surface area contributed by atoms with Gasteiger partial charge in [-0.2, -0.15) is 0 Å². The number of aliphatic hydroxyl groups excluding tert-OH is 4. The van der Waals surface area contributed by atoms with Crippen LogP contribution in [-0.2, 0) is 14.4 Å². The summed E-state index contributed by atoms with van der Waals surface area (Å²) in [5.74, 6) is -2.99. The highest BCUT2D eigenvalue weighted by atomic mass is 17.0. The first-order valence-electron chi connectivity index (χ1n) is 11.8. The molecule has 0 amide bonds. The Morgan fingerprint density at radius 2 is 1.78 bits per heavy atom. The van der Waals surface area contributed by atoms with E-state index in [1.54, 1.807) is 43.3 Å². The third-order valence-corrected chi connectivity index (χ3v) is 6.62. The van der Waals surface area contributed by atoms with E-state index in [0.29, 0.717) is 10.9 Å². The molecule has 1 fully saturated rings. The smallest absolute Gasteiger partial charge is 0.343 e. The topological polar surface area (TPSA) is 162 Å². The molecule has 11 nitrogen and oxygen atoms in total. The molecular weight excluding hydrogens is 486 g/mol. The van der Waals surface area contributed by atoms with Crippen molar-refractivity contribution in [1.29, 1.82) is 0 Å². The average molecular weight is 518 g/mol. The largest absolute Gasteiger partial charge is 0.507 e. The Balaban J connectivity index is 1.69. The molecule has 3 unspecified atom stereocenters. The molecule has 1 aromatic heterocycles. The summed E-state index contributed by atoms with van der Waals surface area (Å²) in [6.45, 7) is 0.440. The summed E-state index contributed by atoms with van der Waals surface area (Å²) in [6.07, 6.45) is -4.65. The highest BCUT2D eigenvalue weighted by Crippen LogP contribution is 2.38. The summed E-state index contributed by atoms with van der Waals surface area (Å²) in [5.41, 5.74) is 0.325. The van der Waals surface area contributed by atoms with Crippen molar-refractivity contribution in [2.75, 3.05) is 20.3 Å². The van der Waals surface area contributed by atoms with Gasteiger partial charge in [0, 0.05) is 5.92 Å². The minimum Gasteiger partial charge on any atom is -0.507 e. The van der Waals surface area contributed by atoms with Crippen LogP contribution in [0.25, 0.3) is 11.0 Å². The molecule has 0 saturated carbocycles. The van der Waals surface area contributed by atoms with Gasteiger partial charge in [-0.15, -0.1) is 0 Å². The number of aliphatic hydroxyl groups is 4. The monoisotopic (exact) mass is 517 g/mol. The molecule has 4 rings (SSSR count). The first-order valence-corrected chi connectivity index (χ1v) is 11.8. The van der Waals surface area contributed by atoms with Crippen molar-refractivity contribution < 1.29 is 44.4 Å². The van der Waals surface area contributed by atoms with Crippen LogP contribution in [0.1, 0.15) is 30.4 Å². The number of hydrogen-bond acceptors (Lipinski definition) is 11. The van der Waals surface area contributed by atoms with Crippen LogP contribution < -0.4 is 5.63 Å². The summed E-state index contributed by atoms with van der Waals surface area (Å²) in [6, 6.07) is 15.1. The summed E-state index contributed by atoms with van der Waals surface area (Å²) >= 11 is 0. The molecule has 37 heavy (non-hydrogen) atoms. The highest BCUT2D eigenvalue weighted by Gasteiger charge is 2.52. The zero-order valence-electron chi connectivity index (χ0n) is 20.4. The number of aromatic hydroxyl groups is 1. The van der Waals surface area contributed by atoms with E-state index in [9.17, 15) is 30.3 Å². The summed E-state index contributed by atoms with van der Waals surface area (Å²) in [4.78, 5) is 24.2. The molecule has 5 N–H and O–H groups in total. The quantitative estimate of drug-likeness (QED) is 0.203. The number of hydroxylamine groups is 2. The van der Waals surface area contributed by atoms with E-state index >= 15 is 0 Å². The summed E-state index contributed by atoms with van der Waals surface area (Å²) in [7, 11) is 1.29. The van der Waals surface area contributed by atoms with Gasteiger partial charge in [-0.05, 0) is 31.0 Å². The molecule has 1 aliphatic rings. The molecule has 0 aliphatic carbocycles. The molecule has 0 bridgehead atoms. The second kappa shape index (κ2) is 11.3. The Kier molecular flexibility index (Phi) is 8.26. The van der Waals surface area contributed by atoms with E-state index in [4.69, 9.17) is 18.8 Å². The van der Waals surface area contributed by atoms with E-state index in [1.165, 1.54) is 7.11 Å². The maximum Gasteiger partial charge on any atom is 0.343 e. The van der Waals surface area contributed by atoms with Gasteiger partial charge in [-0.3, -0.25) is 4.84 Å². The zero-order valence-corrected chi connectivity index (χ0v) is 20.4. The third kappa shape index (κ3) is 5.26. The molecule has 6 atom stereocenters. The van der Waals surface area contributed by atoms with E-state index in [-0.39, 0.29) is 23.3 Å². The Morgan fingerprint density at radius 1 is 1.11 bits per heavy atom. The van der Waals surface area contributed by atoms with Crippen molar-refractivity contribution >= 4 is 11.0 Å². The SMILES string of the molecule is CON(OC1(CO)OC[C@H](O)[C@@H](O)[C@@H]1O)C(C)CC(c1ccccc1)c1c(O)c2ccccc2oc1=O. The fraction of sp³-hybridized carbons (Fsp3) is 0.423. The Morgan fingerprint density at radius 3 is 2.46 bits per heavy atom. The number of rotatable bonds is 9. The number of fused-ring (bicyclic) bond motifs is 1. The van der Waals surface area contributed by atoms with Crippen LogP contribution in [0.2, 0.25) is 0 Å². The maximum absolute atomic E-state index is 13.1. The molecule has 1 saturated heterocycles. The van der Waals surface area contributed by atoms with Crippen molar-refractivity contribution in [2.24, 2.45) is 0 Å². The summed E-state index contributed by atoms with van der Waals surface area (Å²) in [5, 5.41) is 52.9. The lowest BCUT2D eigenvalue weighted by Gasteiger charge is -2.45. The lowest BCUT2D eigenvalue weighted by molar-refractivity contribution is -0.491. The van der Waals surface area contributed by atoms with Crippen molar-refractivity contribution in [3.05, 3.63) is 76.1 Å². The van der Waals surface area contributed by atoms with Gasteiger partial charge in [0.25, 0.3) is 0 Å². The van der Waals surface area contributed by atoms with Gasteiger partial charge in [-0.1, -0.05) is 47.7 Å². The molecular formula is C26H31NO10. The minimum atomic E-state index is -2.12. The predicted molar refractivity (Wildman–Crippen MR) is 130 cm³/mol. The van der Waals surface area contributed by atoms with Crippen molar-refractivity contribution in [2.45, 2.75) is 49.4 Å². The molecule has 0 radical (unpaired) electrons. The fourth-order valence-electron chi connectivity index (χ4n) is 4.58. The van der Waals surface area contributed by atoms with E-state index in [2.05, 4.69) is 0 Å². The van der Waals surface area contributed by atoms with Gasteiger partial charge >= 0.3 is 5.63 Å². The Labute approximate surface area is 212 Å². The second-order valence-corrected chi connectivity index (χ2v) is 9.04. The molecule has 2 aromatic carbocycles. The van der Waals surface area contributed by atoms with Crippen LogP contribution in [0.4, 0.5) is 0 Å². The fourth-order valence-corrected chi connectivity index (χ4v) is 4.58. The second-order valence-electron chi connectivity index (χ2n) is 9.04. The predicted octanol–water partition coefficient (Wildman–Crippen LogP) is 1.01. The lowest BCUT2D eigenvalue weighted by Crippen LogP contribution is -2.65. The van der Waals surface area contributed by atoms with Crippen molar-refractivity contribution in [1.82, 2.24) is 5.23 Å². The van der Waals surface area contributed by atoms with Gasteiger partial charge in [-0.25, -0.2) is 9.63 Å². The van der Waals surface area contributed by atoms with Gasteiger partial charge < -0.3 is 34.7 Å². The standard InChI is InChI=1S/C26H31NO10/c1-15(27(34-2)37-26(14-28)24(32)23(31)19(29)13-35-26)12-18(16-8-4-3-5-9-16)21-22(30)17-10-6-7-11-20(17)36-25(21)33/h3-11,15,18-19,23-24,28-32H,12-14H2,1-2H3/t15?,18?,19-,23+,24-,26?/m0/s1. The highest BCUT2D eigenvalue weighted by molar-refractivity contribution is 5.84. The van der Waals surface area contributed by atoms with Gasteiger partial charge in [0.05, 0.1) is 30.7 Å². The lowest BCUT2D eigenvalue weighted by atomic mass is 9.86. The molecule has 0 spiro atoms. The Bertz CT molecular complexity index is 1250. The van der Waals surface area contributed by atoms with Crippen LogP contribution >= 0.6 is 0 Å². The van der Waals surface area contributed by atoms with E-state index in [0.717, 1.165) is 5.23 Å². The number of para-hydroxylation sites is 1. The number of hydrogen-bond donors (Lipinski definition) is 5. The maximum atomic E-state index is 13.1. The third-order valence-electron chi connectivity index (χ3n) is 6.62. The Hall–Kier alpha value is -2.87. The van der Waals surface area contributed by atoms with Gasteiger partial charge in [0.15, 0.2) is 0 Å². The first kappa shape index (κ1) is 27.2. The van der Waals surface area contributed by atoms with E-state index < -0.39 is 54.9 Å². The number of ether oxygens (including phenoxy) is 1. The van der Waals surface area contributed by atoms with Crippen molar-refractivity contribution in [3.63, 3.8) is 0 Å². The van der Waals surface area contributed by atoms with Gasteiger partial charge in [0.2, 0.25) is 5.79 Å². The molecule has 2 heterocycles. The number of benzene rings is 2. The summed E-state index contributed by atoms with van der Waals surface area (Å²) < 4.78 is 10.9. The molecule has 3 aromatic rings. The average Bonchev–Trinajstić information content (AvgIpc) is 2.91. The van der Waals surface area contributed by atoms with Crippen molar-refractivity contribution in [3.8, 4) is 5.75 Å². The normalized spacial score (nSPS) is 25.9. The van der Waals surface area contributed by atoms with E-state index in [1.807, 2.05) is 18.2 Å².